The maximum absolute atomic E-state index is 9.91. The second-order valence-corrected chi connectivity index (χ2v) is 10.3. The van der Waals surface area contributed by atoms with Crippen LogP contribution in [0.5, 0.6) is 11.6 Å². The van der Waals surface area contributed by atoms with Crippen LogP contribution in [-0.4, -0.2) is 51.8 Å². The zero-order chi connectivity index (χ0) is 26.4. The van der Waals surface area contributed by atoms with Crippen molar-refractivity contribution in [1.82, 2.24) is 19.9 Å². The molecule has 1 saturated heterocycles. The number of nitrogens with two attached hydrogens (primary N) is 1. The number of aromatic hydroxyl groups is 1. The first-order valence-corrected chi connectivity index (χ1v) is 13.1. The monoisotopic (exact) mass is 511 g/mol. The number of phenols is 1. The van der Waals surface area contributed by atoms with Crippen LogP contribution in [-0.2, 0) is 6.42 Å². The van der Waals surface area contributed by atoms with Gasteiger partial charge in [-0.15, -0.1) is 0 Å². The number of anilines is 1. The highest BCUT2D eigenvalue weighted by Gasteiger charge is 2.47. The van der Waals surface area contributed by atoms with Gasteiger partial charge in [0.15, 0.2) is 0 Å². The van der Waals surface area contributed by atoms with Crippen LogP contribution in [0.15, 0.2) is 53.9 Å². The molecule has 0 unspecified atom stereocenters. The lowest BCUT2D eigenvalue weighted by atomic mass is 10.1. The van der Waals surface area contributed by atoms with Crippen LogP contribution in [0.1, 0.15) is 30.0 Å². The third kappa shape index (κ3) is 4.43. The van der Waals surface area contributed by atoms with E-state index in [0.717, 1.165) is 76.1 Å². The molecule has 6 rings (SSSR count). The molecule has 0 amide bonds. The van der Waals surface area contributed by atoms with Crippen molar-refractivity contribution >= 4 is 22.7 Å². The Kier molecular flexibility index (Phi) is 6.15. The first kappa shape index (κ1) is 24.2. The summed E-state index contributed by atoms with van der Waals surface area (Å²) in [7, 11) is 1.62. The number of pyridine rings is 1. The van der Waals surface area contributed by atoms with E-state index in [9.17, 15) is 5.11 Å². The van der Waals surface area contributed by atoms with Gasteiger partial charge in [-0.25, -0.2) is 14.5 Å². The third-order valence-electron chi connectivity index (χ3n) is 7.84. The number of rotatable bonds is 8. The highest BCUT2D eigenvalue weighted by Crippen LogP contribution is 2.45. The molecular weight excluding hydrogens is 478 g/mol. The molecule has 38 heavy (non-hydrogen) atoms. The average molecular weight is 512 g/mol. The van der Waals surface area contributed by atoms with E-state index in [-0.39, 0.29) is 5.75 Å². The van der Waals surface area contributed by atoms with Crippen molar-refractivity contribution in [3.8, 4) is 22.8 Å². The largest absolute Gasteiger partial charge is 0.508 e. The topological polar surface area (TPSA) is 122 Å². The maximum Gasteiger partial charge on any atom is 0.213 e. The van der Waals surface area contributed by atoms with Crippen molar-refractivity contribution in [1.29, 1.82) is 0 Å². The van der Waals surface area contributed by atoms with Crippen molar-refractivity contribution in [2.24, 2.45) is 22.6 Å². The van der Waals surface area contributed by atoms with Crippen molar-refractivity contribution in [2.75, 3.05) is 25.5 Å². The minimum atomic E-state index is 0.219. The van der Waals surface area contributed by atoms with Gasteiger partial charge in [0.25, 0.3) is 0 Å². The van der Waals surface area contributed by atoms with E-state index in [4.69, 9.17) is 15.5 Å². The van der Waals surface area contributed by atoms with Crippen molar-refractivity contribution in [2.45, 2.75) is 32.7 Å². The van der Waals surface area contributed by atoms with Gasteiger partial charge in [-0.05, 0) is 73.5 Å². The molecule has 1 saturated carbocycles. The number of ether oxygens (including phenoxy) is 1. The first-order valence-electron chi connectivity index (χ1n) is 13.1. The summed E-state index contributed by atoms with van der Waals surface area (Å²) in [6, 6.07) is 9.64. The summed E-state index contributed by atoms with van der Waals surface area (Å²) in [6.45, 7) is 5.97. The Morgan fingerprint density at radius 2 is 2.16 bits per heavy atom. The molecule has 5 N–H and O–H groups in total. The molecule has 9 nitrogen and oxygen atoms in total. The zero-order valence-electron chi connectivity index (χ0n) is 21.9. The lowest BCUT2D eigenvalue weighted by molar-refractivity contribution is 0.397. The molecule has 196 valence electrons. The van der Waals surface area contributed by atoms with E-state index < -0.39 is 0 Å². The highest BCUT2D eigenvalue weighted by atomic mass is 16.5. The number of nitrogens with zero attached hydrogens (tertiary/aromatic N) is 4. The predicted octanol–water partition coefficient (Wildman–Crippen LogP) is 4.04. The number of hydrogen-bond donors (Lipinski definition) is 4. The van der Waals surface area contributed by atoms with E-state index >= 15 is 0 Å². The van der Waals surface area contributed by atoms with Gasteiger partial charge in [0.1, 0.15) is 11.6 Å². The normalized spacial score (nSPS) is 20.5. The van der Waals surface area contributed by atoms with Gasteiger partial charge in [-0.3, -0.25) is 0 Å². The second kappa shape index (κ2) is 9.64. The molecule has 4 heterocycles. The number of fused-ring (bicyclic) bond motifs is 2. The highest BCUT2D eigenvalue weighted by molar-refractivity contribution is 6.06. The van der Waals surface area contributed by atoms with Crippen LogP contribution >= 0.6 is 0 Å². The summed E-state index contributed by atoms with van der Waals surface area (Å²) in [4.78, 5) is 9.18. The number of aliphatic imine (C=N–C) groups is 1. The standard InChI is InChI=1S/C29H33N7O2/c1-4-17-8-20(37)5-6-24(17)35-29(30)23-13-34-36-15-19(22-12-32-27(38-3)7-16(22)2)10-26(36)28(23)33-14-25-21-9-18(21)11-31-25/h5-8,10,12-13,15,18,21,25,31,33,37H,4,9,11,14H2,1-3H3,(H2,30,35)/t18-,21-,25-/m1/s1. The molecule has 9 heteroatoms. The molecule has 1 aromatic carbocycles. The van der Waals surface area contributed by atoms with Gasteiger partial charge in [0.05, 0.1) is 35.8 Å². The molecule has 0 bridgehead atoms. The number of nitrogens with one attached hydrogen (secondary N) is 2. The van der Waals surface area contributed by atoms with Gasteiger partial charge < -0.3 is 26.2 Å². The Morgan fingerprint density at radius 1 is 1.29 bits per heavy atom. The van der Waals surface area contributed by atoms with Crippen molar-refractivity contribution < 1.29 is 9.84 Å². The smallest absolute Gasteiger partial charge is 0.213 e. The molecule has 4 aromatic rings. The zero-order valence-corrected chi connectivity index (χ0v) is 21.9. The van der Waals surface area contributed by atoms with Gasteiger partial charge in [-0.2, -0.15) is 5.10 Å². The Balaban J connectivity index is 1.42. The van der Waals surface area contributed by atoms with Crippen LogP contribution in [0.4, 0.5) is 11.4 Å². The van der Waals surface area contributed by atoms with Crippen LogP contribution in [0.25, 0.3) is 16.6 Å². The molecule has 2 fully saturated rings. The molecule has 1 aliphatic carbocycles. The minimum Gasteiger partial charge on any atom is -0.508 e. The summed E-state index contributed by atoms with van der Waals surface area (Å²) in [6.07, 6.45) is 7.65. The van der Waals surface area contributed by atoms with Crippen LogP contribution in [0, 0.1) is 18.8 Å². The third-order valence-corrected chi connectivity index (χ3v) is 7.84. The number of aryl methyl sites for hydroxylation is 2. The Bertz CT molecular complexity index is 1540. The molecule has 0 spiro atoms. The SMILES string of the molecule is CCc1cc(O)ccc1N=C(N)c1cnn2cc(-c3cnc(OC)cc3C)cc2c1NC[C@H]1NC[C@H]2C[C@H]21. The van der Waals surface area contributed by atoms with Gasteiger partial charge >= 0.3 is 0 Å². The van der Waals surface area contributed by atoms with Crippen LogP contribution in [0.3, 0.4) is 0 Å². The number of aromatic nitrogens is 3. The maximum atomic E-state index is 9.91. The summed E-state index contributed by atoms with van der Waals surface area (Å²) >= 11 is 0. The lowest BCUT2D eigenvalue weighted by Crippen LogP contribution is -2.34. The van der Waals surface area contributed by atoms with Gasteiger partial charge in [-0.1, -0.05) is 6.92 Å². The molecule has 2 aliphatic rings. The molecule has 3 atom stereocenters. The number of phenolic OH excluding ortho intramolecular Hbond substituents is 1. The molecular formula is C29H33N7O2. The predicted molar refractivity (Wildman–Crippen MR) is 149 cm³/mol. The number of hydrogen-bond acceptors (Lipinski definition) is 7. The summed E-state index contributed by atoms with van der Waals surface area (Å²) in [5.41, 5.74) is 13.9. The molecule has 1 aliphatic heterocycles. The Morgan fingerprint density at radius 3 is 2.87 bits per heavy atom. The number of benzene rings is 1. The summed E-state index contributed by atoms with van der Waals surface area (Å²) in [5, 5.41) is 21.9. The summed E-state index contributed by atoms with van der Waals surface area (Å²) in [5.74, 6) is 2.74. The fourth-order valence-electron chi connectivity index (χ4n) is 5.57. The number of piperidine rings is 1. The van der Waals surface area contributed by atoms with Crippen molar-refractivity contribution in [3.63, 3.8) is 0 Å². The van der Waals surface area contributed by atoms with Crippen molar-refractivity contribution in [3.05, 3.63) is 65.6 Å². The average Bonchev–Trinajstić information content (AvgIpc) is 3.39. The van der Waals surface area contributed by atoms with E-state index in [1.54, 1.807) is 31.5 Å². The summed E-state index contributed by atoms with van der Waals surface area (Å²) < 4.78 is 7.16. The quantitative estimate of drug-likeness (QED) is 0.208. The second-order valence-electron chi connectivity index (χ2n) is 10.3. The van der Waals surface area contributed by atoms with Crippen LogP contribution < -0.4 is 21.1 Å². The fraction of sp³-hybridized carbons (Fsp3) is 0.345. The molecule has 0 radical (unpaired) electrons. The fourth-order valence-corrected chi connectivity index (χ4v) is 5.57. The number of amidine groups is 1. The first-order chi connectivity index (χ1) is 18.4. The van der Waals surface area contributed by atoms with Gasteiger partial charge in [0.2, 0.25) is 5.88 Å². The van der Waals surface area contributed by atoms with Gasteiger partial charge in [0, 0.05) is 42.2 Å². The molecule has 3 aromatic heterocycles. The lowest BCUT2D eigenvalue weighted by Gasteiger charge is -2.18. The van der Waals surface area contributed by atoms with E-state index in [2.05, 4.69) is 26.8 Å². The Hall–Kier alpha value is -4.11. The number of methoxy groups -OCH3 is 1. The van der Waals surface area contributed by atoms with E-state index in [1.165, 1.54) is 6.42 Å². The van der Waals surface area contributed by atoms with E-state index in [0.29, 0.717) is 17.8 Å². The van der Waals surface area contributed by atoms with Crippen LogP contribution in [0.2, 0.25) is 0 Å². The Labute approximate surface area is 221 Å². The minimum absolute atomic E-state index is 0.219. The van der Waals surface area contributed by atoms with E-state index in [1.807, 2.05) is 36.8 Å².